The Hall–Kier alpha value is -1.97. The Balaban J connectivity index is 1.68. The van der Waals surface area contributed by atoms with Gasteiger partial charge in [0.15, 0.2) is 11.5 Å². The van der Waals surface area contributed by atoms with Crippen molar-refractivity contribution in [3.63, 3.8) is 0 Å². The molecule has 4 heteroatoms. The third-order valence-corrected chi connectivity index (χ3v) is 4.92. The van der Waals surface area contributed by atoms with Crippen molar-refractivity contribution in [2.45, 2.75) is 34.2 Å². The van der Waals surface area contributed by atoms with Crippen molar-refractivity contribution in [1.29, 1.82) is 0 Å². The number of rotatable bonds is 4. The molecule has 1 aromatic carbocycles. The van der Waals surface area contributed by atoms with Gasteiger partial charge in [0.05, 0.1) is 5.92 Å². The third-order valence-electron chi connectivity index (χ3n) is 4.92. The van der Waals surface area contributed by atoms with E-state index in [1.54, 1.807) is 0 Å². The highest BCUT2D eigenvalue weighted by Gasteiger charge is 2.60. The number of nitrogens with zero attached hydrogens (tertiary/aromatic N) is 1. The van der Waals surface area contributed by atoms with Crippen LogP contribution in [0.15, 0.2) is 29.8 Å². The summed E-state index contributed by atoms with van der Waals surface area (Å²) in [5.74, 6) is 2.18. The van der Waals surface area contributed by atoms with Crippen LogP contribution < -0.4 is 9.47 Å². The van der Waals surface area contributed by atoms with Crippen LogP contribution in [-0.2, 0) is 11.3 Å². The minimum absolute atomic E-state index is 0.0531. The summed E-state index contributed by atoms with van der Waals surface area (Å²) < 4.78 is 10.7. The van der Waals surface area contributed by atoms with Gasteiger partial charge in [-0.05, 0) is 42.9 Å². The zero-order valence-corrected chi connectivity index (χ0v) is 14.6. The van der Waals surface area contributed by atoms with Crippen molar-refractivity contribution in [1.82, 2.24) is 4.90 Å². The second-order valence-corrected chi connectivity index (χ2v) is 7.45. The molecule has 1 fully saturated rings. The molecular weight excluding hydrogens is 290 g/mol. The number of carbonyl (C=O) groups excluding carboxylic acids is 1. The van der Waals surface area contributed by atoms with Gasteiger partial charge >= 0.3 is 0 Å². The summed E-state index contributed by atoms with van der Waals surface area (Å²) in [6, 6.07) is 5.85. The van der Waals surface area contributed by atoms with E-state index in [1.165, 1.54) is 5.57 Å². The number of benzene rings is 1. The normalized spacial score (nSPS) is 23.3. The maximum Gasteiger partial charge on any atom is 0.231 e. The average molecular weight is 315 g/mol. The van der Waals surface area contributed by atoms with Gasteiger partial charge in [-0.1, -0.05) is 31.6 Å². The van der Waals surface area contributed by atoms with Crippen molar-refractivity contribution in [3.8, 4) is 11.5 Å². The number of carbonyl (C=O) groups is 1. The van der Waals surface area contributed by atoms with Gasteiger partial charge in [0, 0.05) is 13.6 Å². The number of amides is 1. The van der Waals surface area contributed by atoms with E-state index in [4.69, 9.17) is 9.47 Å². The van der Waals surface area contributed by atoms with E-state index in [0.717, 1.165) is 17.1 Å². The van der Waals surface area contributed by atoms with Crippen molar-refractivity contribution in [2.24, 2.45) is 17.3 Å². The van der Waals surface area contributed by atoms with Gasteiger partial charge < -0.3 is 14.4 Å². The SMILES string of the molecule is CC(C)=CC1C(C(=O)N(C)Cc2ccc3c(c2)OCO3)C1(C)C. The Morgan fingerprint density at radius 3 is 2.70 bits per heavy atom. The molecule has 3 rings (SSSR count). The molecule has 0 N–H and O–H groups in total. The second kappa shape index (κ2) is 5.59. The smallest absolute Gasteiger partial charge is 0.231 e. The van der Waals surface area contributed by atoms with Gasteiger partial charge in [-0.25, -0.2) is 0 Å². The van der Waals surface area contributed by atoms with Gasteiger partial charge in [-0.3, -0.25) is 4.79 Å². The average Bonchev–Trinajstić information content (AvgIpc) is 2.85. The van der Waals surface area contributed by atoms with Crippen LogP contribution in [0.4, 0.5) is 0 Å². The first-order valence-electron chi connectivity index (χ1n) is 8.09. The standard InChI is InChI=1S/C19H25NO3/c1-12(2)8-14-17(19(14,3)4)18(21)20(5)10-13-6-7-15-16(9-13)23-11-22-15/h6-9,14,17H,10-11H2,1-5H3. The van der Waals surface area contributed by atoms with E-state index in [-0.39, 0.29) is 24.0 Å². The minimum atomic E-state index is 0.0531. The highest BCUT2D eigenvalue weighted by molar-refractivity contribution is 5.83. The Labute approximate surface area is 138 Å². The van der Waals surface area contributed by atoms with Gasteiger partial charge in [0.25, 0.3) is 0 Å². The molecule has 1 aliphatic carbocycles. The van der Waals surface area contributed by atoms with Crippen molar-refractivity contribution >= 4 is 5.91 Å². The number of fused-ring (bicyclic) bond motifs is 1. The Bertz CT molecular complexity index is 659. The Morgan fingerprint density at radius 1 is 1.30 bits per heavy atom. The molecule has 124 valence electrons. The molecule has 1 saturated carbocycles. The molecular formula is C19H25NO3. The highest BCUT2D eigenvalue weighted by Crippen LogP contribution is 2.60. The molecule has 0 aromatic heterocycles. The summed E-state index contributed by atoms with van der Waals surface area (Å²) in [7, 11) is 1.88. The van der Waals surface area contributed by atoms with Crippen molar-refractivity contribution < 1.29 is 14.3 Å². The molecule has 1 heterocycles. The van der Waals surface area contributed by atoms with Crippen LogP contribution in [0.5, 0.6) is 11.5 Å². The van der Waals surface area contributed by atoms with E-state index in [2.05, 4.69) is 33.8 Å². The predicted molar refractivity (Wildman–Crippen MR) is 89.2 cm³/mol. The lowest BCUT2D eigenvalue weighted by Gasteiger charge is -2.18. The monoisotopic (exact) mass is 315 g/mol. The molecule has 0 radical (unpaired) electrons. The van der Waals surface area contributed by atoms with Crippen LogP contribution in [0.2, 0.25) is 0 Å². The Morgan fingerprint density at radius 2 is 2.00 bits per heavy atom. The fourth-order valence-corrected chi connectivity index (χ4v) is 3.45. The molecule has 0 bridgehead atoms. The van der Waals surface area contributed by atoms with E-state index < -0.39 is 0 Å². The van der Waals surface area contributed by atoms with Crippen LogP contribution in [0.3, 0.4) is 0 Å². The summed E-state index contributed by atoms with van der Waals surface area (Å²) in [5.41, 5.74) is 2.39. The molecule has 4 nitrogen and oxygen atoms in total. The molecule has 1 aromatic rings. The molecule has 1 amide bonds. The molecule has 2 atom stereocenters. The largest absolute Gasteiger partial charge is 0.454 e. The number of hydrogen-bond donors (Lipinski definition) is 0. The number of hydrogen-bond acceptors (Lipinski definition) is 3. The van der Waals surface area contributed by atoms with Gasteiger partial charge in [-0.2, -0.15) is 0 Å². The van der Waals surface area contributed by atoms with Crippen LogP contribution in [0.1, 0.15) is 33.3 Å². The molecule has 1 aliphatic heterocycles. The van der Waals surface area contributed by atoms with Crippen LogP contribution in [0, 0.1) is 17.3 Å². The molecule has 0 saturated heterocycles. The molecule has 23 heavy (non-hydrogen) atoms. The quantitative estimate of drug-likeness (QED) is 0.797. The van der Waals surface area contributed by atoms with Crippen molar-refractivity contribution in [2.75, 3.05) is 13.8 Å². The maximum atomic E-state index is 12.8. The molecule has 2 unspecified atom stereocenters. The minimum Gasteiger partial charge on any atom is -0.454 e. The molecule has 0 spiro atoms. The highest BCUT2D eigenvalue weighted by atomic mass is 16.7. The molecule has 2 aliphatic rings. The summed E-state index contributed by atoms with van der Waals surface area (Å²) in [6.45, 7) is 9.39. The topological polar surface area (TPSA) is 38.8 Å². The van der Waals surface area contributed by atoms with E-state index in [9.17, 15) is 4.79 Å². The maximum absolute atomic E-state index is 12.8. The van der Waals surface area contributed by atoms with E-state index in [1.807, 2.05) is 30.1 Å². The van der Waals surface area contributed by atoms with Crippen LogP contribution in [-0.4, -0.2) is 24.6 Å². The van der Waals surface area contributed by atoms with Gasteiger partial charge in [0.2, 0.25) is 12.7 Å². The summed E-state index contributed by atoms with van der Waals surface area (Å²) in [4.78, 5) is 14.6. The van der Waals surface area contributed by atoms with E-state index in [0.29, 0.717) is 12.5 Å². The van der Waals surface area contributed by atoms with Crippen LogP contribution in [0.25, 0.3) is 0 Å². The lowest BCUT2D eigenvalue weighted by Crippen LogP contribution is -2.29. The van der Waals surface area contributed by atoms with Gasteiger partial charge in [0.1, 0.15) is 0 Å². The van der Waals surface area contributed by atoms with Crippen molar-refractivity contribution in [3.05, 3.63) is 35.4 Å². The summed E-state index contributed by atoms with van der Waals surface area (Å²) in [5, 5.41) is 0. The van der Waals surface area contributed by atoms with Gasteiger partial charge in [-0.15, -0.1) is 0 Å². The second-order valence-electron chi connectivity index (χ2n) is 7.45. The fourth-order valence-electron chi connectivity index (χ4n) is 3.45. The first kappa shape index (κ1) is 15.9. The first-order valence-corrected chi connectivity index (χ1v) is 8.09. The first-order chi connectivity index (χ1) is 10.8. The van der Waals surface area contributed by atoms with E-state index >= 15 is 0 Å². The summed E-state index contributed by atoms with van der Waals surface area (Å²) in [6.07, 6.45) is 2.23. The number of allylic oxidation sites excluding steroid dienone is 2. The zero-order chi connectivity index (χ0) is 16.8. The third kappa shape index (κ3) is 2.94. The lowest BCUT2D eigenvalue weighted by atomic mass is 10.1. The predicted octanol–water partition coefficient (Wildman–Crippen LogP) is 3.61. The number of ether oxygens (including phenoxy) is 2. The zero-order valence-electron chi connectivity index (χ0n) is 14.6. The fraction of sp³-hybridized carbons (Fsp3) is 0.526. The van der Waals surface area contributed by atoms with Crippen LogP contribution >= 0.6 is 0 Å². The Kier molecular flexibility index (Phi) is 3.86. The lowest BCUT2D eigenvalue weighted by molar-refractivity contribution is -0.132. The summed E-state index contributed by atoms with van der Waals surface area (Å²) >= 11 is 0.